The zero-order chi connectivity index (χ0) is 29.2. The fourth-order valence-corrected chi connectivity index (χ4v) is 3.42. The van der Waals surface area contributed by atoms with Crippen LogP contribution in [0.5, 0.6) is 0 Å². The van der Waals surface area contributed by atoms with Crippen LogP contribution in [0.4, 0.5) is 0 Å². The molecule has 0 saturated carbocycles. The Morgan fingerprint density at radius 3 is 2.16 bits per heavy atom. The minimum atomic E-state index is -1.61. The minimum Gasteiger partial charge on any atom is -0.469 e. The van der Waals surface area contributed by atoms with Crippen LogP contribution in [-0.2, 0) is 52.5 Å². The third kappa shape index (κ3) is 10.2. The smallest absolute Gasteiger partial charge is 0.305 e. The van der Waals surface area contributed by atoms with Gasteiger partial charge >= 0.3 is 17.9 Å². The molecule has 38 heavy (non-hydrogen) atoms. The summed E-state index contributed by atoms with van der Waals surface area (Å²) in [6, 6.07) is -3.62. The molecular weight excluding hydrogens is 512 g/mol. The molecule has 7 N–H and O–H groups in total. The molecule has 8 atom stereocenters. The molecule has 1 rings (SSSR count). The van der Waals surface area contributed by atoms with E-state index < -0.39 is 91.1 Å². The zero-order valence-corrected chi connectivity index (χ0v) is 21.8. The second-order valence-electron chi connectivity index (χ2n) is 8.57. The number of carbonyl (C=O) groups excluding carboxylic acids is 6. The quantitative estimate of drug-likeness (QED) is 0.112. The molecule has 1 aliphatic heterocycles. The maximum atomic E-state index is 12.7. The molecule has 216 valence electrons. The van der Waals surface area contributed by atoms with Crippen LogP contribution in [0.3, 0.4) is 0 Å². The lowest BCUT2D eigenvalue weighted by molar-refractivity contribution is -0.267. The van der Waals surface area contributed by atoms with Crippen LogP contribution >= 0.6 is 0 Å². The van der Waals surface area contributed by atoms with E-state index in [2.05, 4.69) is 15.4 Å². The molecule has 16 heteroatoms. The van der Waals surface area contributed by atoms with E-state index in [0.717, 1.165) is 13.8 Å². The van der Waals surface area contributed by atoms with E-state index in [1.165, 1.54) is 21.0 Å². The van der Waals surface area contributed by atoms with Crippen molar-refractivity contribution >= 4 is 35.6 Å². The van der Waals surface area contributed by atoms with Gasteiger partial charge in [-0.3, -0.25) is 28.8 Å². The van der Waals surface area contributed by atoms with Crippen molar-refractivity contribution in [1.82, 2.24) is 10.6 Å². The van der Waals surface area contributed by atoms with Crippen LogP contribution < -0.4 is 22.1 Å². The summed E-state index contributed by atoms with van der Waals surface area (Å²) in [4.78, 5) is 71.1. The lowest BCUT2D eigenvalue weighted by Gasteiger charge is -2.43. The van der Waals surface area contributed by atoms with E-state index in [4.69, 9.17) is 30.4 Å². The summed E-state index contributed by atoms with van der Waals surface area (Å²) in [5, 5.41) is 14.9. The molecule has 0 spiro atoms. The molecule has 0 aromatic rings. The van der Waals surface area contributed by atoms with Gasteiger partial charge in [-0.05, 0) is 20.3 Å². The average Bonchev–Trinajstić information content (AvgIpc) is 2.83. The number of methoxy groups -OCH3 is 1. The lowest BCUT2D eigenvalue weighted by atomic mass is 9.97. The van der Waals surface area contributed by atoms with E-state index in [1.807, 2.05) is 0 Å². The fourth-order valence-electron chi connectivity index (χ4n) is 3.42. The summed E-state index contributed by atoms with van der Waals surface area (Å²) in [7, 11) is 1.17. The van der Waals surface area contributed by atoms with Crippen LogP contribution in [0, 0.1) is 0 Å². The number of primary amides is 1. The van der Waals surface area contributed by atoms with E-state index >= 15 is 0 Å². The molecule has 0 aliphatic carbocycles. The van der Waals surface area contributed by atoms with Crippen LogP contribution in [0.2, 0.25) is 0 Å². The first-order chi connectivity index (χ1) is 17.7. The first kappa shape index (κ1) is 32.7. The number of ether oxygens (including phenoxy) is 5. The first-order valence-electron chi connectivity index (χ1n) is 11.7. The second kappa shape index (κ2) is 15.2. The molecule has 1 heterocycles. The summed E-state index contributed by atoms with van der Waals surface area (Å²) in [5.74, 6) is -4.44. The molecule has 3 unspecified atom stereocenters. The molecule has 1 fully saturated rings. The molecule has 3 amide bonds. The Balaban J connectivity index is 2.87. The molecule has 1 saturated heterocycles. The van der Waals surface area contributed by atoms with Gasteiger partial charge in [-0.2, -0.15) is 0 Å². The highest BCUT2D eigenvalue weighted by Gasteiger charge is 2.48. The summed E-state index contributed by atoms with van der Waals surface area (Å²) < 4.78 is 25.6. The fraction of sp³-hybridized carbons (Fsp3) is 0.727. The van der Waals surface area contributed by atoms with Gasteiger partial charge in [0.15, 0.2) is 12.4 Å². The summed E-state index contributed by atoms with van der Waals surface area (Å²) in [6.07, 6.45) is -6.86. The monoisotopic (exact) mass is 548 g/mol. The number of nitrogens with one attached hydrogen (secondary N) is 2. The lowest BCUT2D eigenvalue weighted by Crippen LogP contribution is -2.65. The first-order valence-corrected chi connectivity index (χ1v) is 11.7. The number of esters is 3. The molecule has 0 radical (unpaired) electrons. The Kier molecular flexibility index (Phi) is 13.0. The molecule has 0 bridgehead atoms. The van der Waals surface area contributed by atoms with Crippen molar-refractivity contribution in [3.05, 3.63) is 0 Å². The van der Waals surface area contributed by atoms with Crippen molar-refractivity contribution in [2.75, 3.05) is 13.7 Å². The highest BCUT2D eigenvalue weighted by molar-refractivity contribution is 5.92. The van der Waals surface area contributed by atoms with Crippen molar-refractivity contribution in [3.63, 3.8) is 0 Å². The van der Waals surface area contributed by atoms with Gasteiger partial charge in [0.1, 0.15) is 37.0 Å². The van der Waals surface area contributed by atoms with Crippen molar-refractivity contribution in [2.24, 2.45) is 11.5 Å². The van der Waals surface area contributed by atoms with Crippen molar-refractivity contribution in [2.45, 2.75) is 89.4 Å². The van der Waals surface area contributed by atoms with Gasteiger partial charge in [0, 0.05) is 20.3 Å². The molecule has 0 aromatic heterocycles. The number of nitrogens with two attached hydrogens (primary N) is 2. The van der Waals surface area contributed by atoms with Gasteiger partial charge in [0.2, 0.25) is 17.7 Å². The Morgan fingerprint density at radius 1 is 1.00 bits per heavy atom. The van der Waals surface area contributed by atoms with Crippen LogP contribution in [-0.4, -0.2) is 103 Å². The second-order valence-corrected chi connectivity index (χ2v) is 8.57. The predicted octanol–water partition coefficient (Wildman–Crippen LogP) is -3.27. The molecule has 16 nitrogen and oxygen atoms in total. The summed E-state index contributed by atoms with van der Waals surface area (Å²) >= 11 is 0. The maximum absolute atomic E-state index is 12.7. The SMILES string of the molecule is COC(=O)CCC(NC(=O)C(C)NC(=O)C(C)O[C@@H]1[C@@H](N)[C@@H](O)O[C@H](COC(C)=O)[C@H]1OC(C)=O)C(N)=O. The van der Waals surface area contributed by atoms with Crippen molar-refractivity contribution in [3.8, 4) is 0 Å². The number of hydrogen-bond donors (Lipinski definition) is 5. The summed E-state index contributed by atoms with van der Waals surface area (Å²) in [6.45, 7) is 4.51. The van der Waals surface area contributed by atoms with Crippen molar-refractivity contribution < 1.29 is 57.6 Å². The van der Waals surface area contributed by atoms with Gasteiger partial charge in [-0.25, -0.2) is 0 Å². The largest absolute Gasteiger partial charge is 0.469 e. The highest BCUT2D eigenvalue weighted by atomic mass is 16.7. The standard InChI is InChI=1S/C22H36N4O12/c1-9(20(31)26-13(19(24)30)6-7-15(29)34-5)25-21(32)10(2)36-18-16(23)22(33)38-14(8-35-11(3)27)17(18)37-12(4)28/h9-10,13-14,16-18,22,33H,6-8,23H2,1-5H3,(H2,24,30)(H,25,32)(H,26,31)/t9?,10?,13?,14-,16-,17-,18-,22+/m1/s1. The minimum absolute atomic E-state index is 0.107. The van der Waals surface area contributed by atoms with Gasteiger partial charge in [0.05, 0.1) is 13.2 Å². The van der Waals surface area contributed by atoms with Gasteiger partial charge in [-0.15, -0.1) is 0 Å². The average molecular weight is 549 g/mol. The van der Waals surface area contributed by atoms with E-state index in [0.29, 0.717) is 0 Å². The number of aliphatic hydroxyl groups is 1. The number of amides is 3. The van der Waals surface area contributed by atoms with Crippen molar-refractivity contribution in [1.29, 1.82) is 0 Å². The van der Waals surface area contributed by atoms with Crippen LogP contribution in [0.25, 0.3) is 0 Å². The van der Waals surface area contributed by atoms with Gasteiger partial charge in [0.25, 0.3) is 0 Å². The predicted molar refractivity (Wildman–Crippen MR) is 125 cm³/mol. The Morgan fingerprint density at radius 2 is 1.63 bits per heavy atom. The Hall–Kier alpha value is -3.34. The number of carbonyl (C=O) groups is 6. The highest BCUT2D eigenvalue weighted by Crippen LogP contribution is 2.25. The van der Waals surface area contributed by atoms with Crippen LogP contribution in [0.1, 0.15) is 40.5 Å². The molecule has 0 aromatic carbocycles. The van der Waals surface area contributed by atoms with Crippen LogP contribution in [0.15, 0.2) is 0 Å². The normalized spacial score (nSPS) is 25.2. The van der Waals surface area contributed by atoms with E-state index in [-0.39, 0.29) is 12.8 Å². The summed E-state index contributed by atoms with van der Waals surface area (Å²) in [5.41, 5.74) is 11.2. The van der Waals surface area contributed by atoms with Gasteiger partial charge < -0.3 is 50.9 Å². The van der Waals surface area contributed by atoms with E-state index in [1.54, 1.807) is 0 Å². The number of rotatable bonds is 13. The zero-order valence-electron chi connectivity index (χ0n) is 21.8. The number of hydrogen-bond acceptors (Lipinski definition) is 13. The third-order valence-electron chi connectivity index (χ3n) is 5.47. The van der Waals surface area contributed by atoms with E-state index in [9.17, 15) is 33.9 Å². The number of aliphatic hydroxyl groups excluding tert-OH is 1. The Bertz CT molecular complexity index is 884. The maximum Gasteiger partial charge on any atom is 0.305 e. The molecule has 1 aliphatic rings. The van der Waals surface area contributed by atoms with Gasteiger partial charge in [-0.1, -0.05) is 0 Å². The third-order valence-corrected chi connectivity index (χ3v) is 5.47. The topological polar surface area (TPSA) is 245 Å². The Labute approximate surface area is 219 Å². The molecular formula is C22H36N4O12.